The molecule has 0 aliphatic rings. The quantitative estimate of drug-likeness (QED) is 0.215. The Bertz CT molecular complexity index is 1430. The number of rotatable bonds is 5. The van der Waals surface area contributed by atoms with Gasteiger partial charge in [-0.2, -0.15) is 0 Å². The Labute approximate surface area is 178 Å². The number of hydrogen-bond donors (Lipinski definition) is 4. The van der Waals surface area contributed by atoms with Crippen LogP contribution in [0.2, 0.25) is 0 Å². The number of aromatic amines is 3. The topological polar surface area (TPSA) is 150 Å². The number of benzene rings is 2. The molecule has 31 heavy (non-hydrogen) atoms. The Morgan fingerprint density at radius 2 is 1.77 bits per heavy atom. The Balaban J connectivity index is 1.79. The van der Waals surface area contributed by atoms with Gasteiger partial charge in [-0.15, -0.1) is 0 Å². The highest BCUT2D eigenvalue weighted by atomic mass is 32.1. The van der Waals surface area contributed by atoms with Crippen LogP contribution in [-0.4, -0.2) is 30.8 Å². The van der Waals surface area contributed by atoms with Gasteiger partial charge in [0.15, 0.2) is 16.2 Å². The first-order valence-corrected chi connectivity index (χ1v) is 9.37. The number of aromatic nitrogens is 4. The summed E-state index contributed by atoms with van der Waals surface area (Å²) in [4.78, 5) is 47.7. The predicted molar refractivity (Wildman–Crippen MR) is 117 cm³/mol. The second-order valence-corrected chi connectivity index (χ2v) is 6.85. The summed E-state index contributed by atoms with van der Waals surface area (Å²) < 4.78 is 0.116. The molecule has 0 atom stereocenters. The van der Waals surface area contributed by atoms with Crippen molar-refractivity contribution in [2.24, 2.45) is 0 Å². The molecule has 10 nitrogen and oxygen atoms in total. The van der Waals surface area contributed by atoms with Crippen LogP contribution in [0.25, 0.3) is 22.9 Å². The lowest BCUT2D eigenvalue weighted by Crippen LogP contribution is -2.22. The fraction of sp³-hybridized carbons (Fsp3) is 0. The second kappa shape index (κ2) is 8.16. The van der Waals surface area contributed by atoms with Crippen molar-refractivity contribution in [1.82, 2.24) is 25.3 Å². The summed E-state index contributed by atoms with van der Waals surface area (Å²) in [5, 5.41) is 13.7. The van der Waals surface area contributed by atoms with Crippen LogP contribution in [0.15, 0.2) is 59.4 Å². The van der Waals surface area contributed by atoms with E-state index in [1.807, 2.05) is 0 Å². The van der Waals surface area contributed by atoms with Crippen molar-refractivity contribution in [2.45, 2.75) is 0 Å². The molecule has 2 aromatic heterocycles. The van der Waals surface area contributed by atoms with Crippen LogP contribution in [0, 0.1) is 14.9 Å². The molecule has 2 heterocycles. The average molecular weight is 434 g/mol. The summed E-state index contributed by atoms with van der Waals surface area (Å²) in [7, 11) is 0. The number of imidazole rings is 1. The van der Waals surface area contributed by atoms with E-state index in [0.29, 0.717) is 11.1 Å². The molecule has 1 amide bonds. The van der Waals surface area contributed by atoms with Gasteiger partial charge in [-0.05, 0) is 48.1 Å². The minimum absolute atomic E-state index is 0.0603. The van der Waals surface area contributed by atoms with Gasteiger partial charge in [0.25, 0.3) is 17.2 Å². The van der Waals surface area contributed by atoms with Crippen molar-refractivity contribution in [2.75, 3.05) is 0 Å². The van der Waals surface area contributed by atoms with Crippen LogP contribution in [0.4, 0.5) is 5.69 Å². The van der Waals surface area contributed by atoms with E-state index in [1.165, 1.54) is 24.3 Å². The fourth-order valence-electron chi connectivity index (χ4n) is 2.87. The number of nitrogens with zero attached hydrogens (tertiary/aromatic N) is 2. The van der Waals surface area contributed by atoms with E-state index in [4.69, 9.17) is 12.2 Å². The molecule has 0 spiro atoms. The highest BCUT2D eigenvalue weighted by molar-refractivity contribution is 7.71. The Morgan fingerprint density at radius 1 is 1.06 bits per heavy atom. The van der Waals surface area contributed by atoms with Crippen molar-refractivity contribution in [3.8, 4) is 0 Å². The van der Waals surface area contributed by atoms with Gasteiger partial charge in [-0.1, -0.05) is 18.2 Å². The number of hydrogen-bond acceptors (Lipinski definition) is 6. The largest absolute Gasteiger partial charge is 0.331 e. The molecule has 0 fully saturated rings. The number of nitro groups is 1. The summed E-state index contributed by atoms with van der Waals surface area (Å²) in [6.07, 6.45) is 1.59. The van der Waals surface area contributed by atoms with Crippen molar-refractivity contribution >= 4 is 46.7 Å². The van der Waals surface area contributed by atoms with Crippen molar-refractivity contribution in [3.05, 3.63) is 96.8 Å². The molecular weight excluding hydrogens is 420 g/mol. The van der Waals surface area contributed by atoms with E-state index in [9.17, 15) is 19.7 Å². The molecule has 2 aromatic carbocycles. The predicted octanol–water partition coefficient (Wildman–Crippen LogP) is 3.15. The highest BCUT2D eigenvalue weighted by Crippen LogP contribution is 2.19. The van der Waals surface area contributed by atoms with E-state index < -0.39 is 16.4 Å². The third-order valence-electron chi connectivity index (χ3n) is 4.34. The molecule has 0 saturated heterocycles. The molecule has 0 aliphatic heterocycles. The maximum atomic E-state index is 12.7. The monoisotopic (exact) mass is 434 g/mol. The summed E-state index contributed by atoms with van der Waals surface area (Å²) in [6, 6.07) is 14.3. The van der Waals surface area contributed by atoms with E-state index in [1.54, 1.807) is 36.4 Å². The van der Waals surface area contributed by atoms with Gasteiger partial charge in [0.05, 0.1) is 10.6 Å². The zero-order valence-electron chi connectivity index (χ0n) is 15.7. The third-order valence-corrected chi connectivity index (χ3v) is 4.55. The SMILES string of the molecule is O=C(N/C(=C\c1ccc([N+](=O)[O-])cc1)c1nc2[nH]c(=S)[nH]c(=O)c2[nH]1)c1ccccc1. The van der Waals surface area contributed by atoms with Gasteiger partial charge in [0, 0.05) is 17.7 Å². The van der Waals surface area contributed by atoms with Gasteiger partial charge in [-0.25, -0.2) is 4.98 Å². The van der Waals surface area contributed by atoms with Crippen LogP contribution < -0.4 is 10.9 Å². The average Bonchev–Trinajstić information content (AvgIpc) is 3.18. The smallest absolute Gasteiger partial charge is 0.277 e. The number of carbonyl (C=O) groups is 1. The molecule has 0 aliphatic carbocycles. The standard InChI is InChI=1S/C20H14N6O4S/c27-18(12-4-2-1-3-5-12)21-14(10-11-6-8-13(9-7-11)26(29)30)16-22-15-17(23-16)24-20(31)25-19(15)28/h1-10H,(H,21,27)(H3,22,23,24,25,28,31)/b14-10-. The lowest BCUT2D eigenvalue weighted by Gasteiger charge is -2.08. The van der Waals surface area contributed by atoms with E-state index in [0.717, 1.165) is 0 Å². The summed E-state index contributed by atoms with van der Waals surface area (Å²) in [5.74, 6) is -0.184. The van der Waals surface area contributed by atoms with Crippen LogP contribution in [0.3, 0.4) is 0 Å². The van der Waals surface area contributed by atoms with Crippen molar-refractivity contribution in [3.63, 3.8) is 0 Å². The second-order valence-electron chi connectivity index (χ2n) is 6.44. The van der Waals surface area contributed by atoms with E-state index in [-0.39, 0.29) is 33.1 Å². The normalized spacial score (nSPS) is 11.4. The Morgan fingerprint density at radius 3 is 2.45 bits per heavy atom. The number of fused-ring (bicyclic) bond motifs is 1. The van der Waals surface area contributed by atoms with Crippen molar-refractivity contribution < 1.29 is 9.72 Å². The van der Waals surface area contributed by atoms with Crippen LogP contribution in [0.1, 0.15) is 21.7 Å². The van der Waals surface area contributed by atoms with Crippen LogP contribution >= 0.6 is 12.2 Å². The van der Waals surface area contributed by atoms with Crippen LogP contribution in [-0.2, 0) is 0 Å². The molecule has 4 N–H and O–H groups in total. The lowest BCUT2D eigenvalue weighted by atomic mass is 10.1. The molecule has 11 heteroatoms. The fourth-order valence-corrected chi connectivity index (χ4v) is 3.06. The molecule has 0 bridgehead atoms. The van der Waals surface area contributed by atoms with Crippen LogP contribution in [0.5, 0.6) is 0 Å². The third kappa shape index (κ3) is 4.31. The highest BCUT2D eigenvalue weighted by Gasteiger charge is 2.15. The number of nitrogens with one attached hydrogen (secondary N) is 4. The van der Waals surface area contributed by atoms with Gasteiger partial charge in [0.1, 0.15) is 5.52 Å². The maximum Gasteiger partial charge on any atom is 0.277 e. The van der Waals surface area contributed by atoms with Crippen molar-refractivity contribution in [1.29, 1.82) is 0 Å². The van der Waals surface area contributed by atoms with E-state index >= 15 is 0 Å². The zero-order chi connectivity index (χ0) is 22.0. The molecule has 154 valence electrons. The molecule has 0 radical (unpaired) electrons. The van der Waals surface area contributed by atoms with Gasteiger partial charge >= 0.3 is 0 Å². The minimum Gasteiger partial charge on any atom is -0.331 e. The number of carbonyl (C=O) groups excluding carboxylic acids is 1. The molecular formula is C20H14N6O4S. The Kier molecular flexibility index (Phi) is 5.24. The number of amides is 1. The van der Waals surface area contributed by atoms with Gasteiger partial charge in [0.2, 0.25) is 0 Å². The Hall–Kier alpha value is -4.38. The zero-order valence-corrected chi connectivity index (χ0v) is 16.5. The molecule has 0 saturated carbocycles. The first kappa shape index (κ1) is 19.9. The number of H-pyrrole nitrogens is 3. The molecule has 4 rings (SSSR count). The lowest BCUT2D eigenvalue weighted by molar-refractivity contribution is -0.384. The molecule has 0 unspecified atom stereocenters. The maximum absolute atomic E-state index is 12.7. The molecule has 4 aromatic rings. The van der Waals surface area contributed by atoms with E-state index in [2.05, 4.69) is 25.3 Å². The van der Waals surface area contributed by atoms with Gasteiger partial charge < -0.3 is 15.3 Å². The summed E-state index contributed by atoms with van der Waals surface area (Å²) >= 11 is 4.97. The summed E-state index contributed by atoms with van der Waals surface area (Å²) in [6.45, 7) is 0. The number of nitro benzene ring substituents is 1. The first-order chi connectivity index (χ1) is 14.9. The minimum atomic E-state index is -0.501. The first-order valence-electron chi connectivity index (χ1n) is 8.96. The van der Waals surface area contributed by atoms with Gasteiger partial charge in [-0.3, -0.25) is 24.7 Å². The number of non-ortho nitro benzene ring substituents is 1. The summed E-state index contributed by atoms with van der Waals surface area (Å²) in [5.41, 5.74) is 1.13.